The third-order valence-corrected chi connectivity index (χ3v) is 6.61. The van der Waals surface area contributed by atoms with Gasteiger partial charge >= 0.3 is 0 Å². The quantitative estimate of drug-likeness (QED) is 0.583. The summed E-state index contributed by atoms with van der Waals surface area (Å²) in [5.41, 5.74) is 0. The number of rotatable bonds is 6. The fourth-order valence-electron chi connectivity index (χ4n) is 2.32. The molecule has 1 heterocycles. The van der Waals surface area contributed by atoms with E-state index in [1.165, 1.54) is 6.26 Å². The predicted octanol–water partition coefficient (Wildman–Crippen LogP) is 1.13. The standard InChI is InChI=1S/C15H31N3O3S/c1-15(2,22(5,19)20)12-17-14(16-3)18(4)9-6-13-7-10-21-11-8-13/h13H,6-12H2,1-5H3,(H,16,17). The van der Waals surface area contributed by atoms with E-state index in [-0.39, 0.29) is 0 Å². The maximum atomic E-state index is 11.8. The third kappa shape index (κ3) is 5.76. The molecule has 22 heavy (non-hydrogen) atoms. The van der Waals surface area contributed by atoms with Crippen LogP contribution in [0.4, 0.5) is 0 Å². The first-order valence-corrected chi connectivity index (χ1v) is 9.75. The summed E-state index contributed by atoms with van der Waals surface area (Å²) in [7, 11) is 0.600. The highest BCUT2D eigenvalue weighted by Gasteiger charge is 2.30. The van der Waals surface area contributed by atoms with Gasteiger partial charge < -0.3 is 15.0 Å². The van der Waals surface area contributed by atoms with Crippen LogP contribution in [0, 0.1) is 5.92 Å². The van der Waals surface area contributed by atoms with Gasteiger partial charge in [-0.15, -0.1) is 0 Å². The Labute approximate surface area is 135 Å². The monoisotopic (exact) mass is 333 g/mol. The number of nitrogens with one attached hydrogen (secondary N) is 1. The van der Waals surface area contributed by atoms with Gasteiger partial charge in [-0.3, -0.25) is 4.99 Å². The fraction of sp³-hybridized carbons (Fsp3) is 0.933. The van der Waals surface area contributed by atoms with Gasteiger partial charge in [0.25, 0.3) is 0 Å². The Kier molecular flexibility index (Phi) is 7.12. The van der Waals surface area contributed by atoms with Crippen LogP contribution in [-0.2, 0) is 14.6 Å². The minimum absolute atomic E-state index is 0.347. The largest absolute Gasteiger partial charge is 0.381 e. The van der Waals surface area contributed by atoms with E-state index in [4.69, 9.17) is 4.74 Å². The summed E-state index contributed by atoms with van der Waals surface area (Å²) in [6.45, 7) is 6.44. The van der Waals surface area contributed by atoms with E-state index in [2.05, 4.69) is 15.2 Å². The topological polar surface area (TPSA) is 71.0 Å². The molecule has 0 spiro atoms. The van der Waals surface area contributed by atoms with Crippen molar-refractivity contribution in [1.82, 2.24) is 10.2 Å². The first-order chi connectivity index (χ1) is 10.2. The lowest BCUT2D eigenvalue weighted by Crippen LogP contribution is -2.48. The lowest BCUT2D eigenvalue weighted by molar-refractivity contribution is 0.0625. The molecule has 1 saturated heterocycles. The molecule has 1 aliphatic heterocycles. The van der Waals surface area contributed by atoms with Crippen molar-refractivity contribution in [3.63, 3.8) is 0 Å². The summed E-state index contributed by atoms with van der Waals surface area (Å²) in [4.78, 5) is 6.31. The molecule has 7 heteroatoms. The molecule has 0 aliphatic carbocycles. The van der Waals surface area contributed by atoms with Crippen LogP contribution in [0.1, 0.15) is 33.1 Å². The molecule has 0 radical (unpaired) electrons. The number of guanidine groups is 1. The van der Waals surface area contributed by atoms with Crippen LogP contribution in [0.2, 0.25) is 0 Å². The molecule has 0 aromatic rings. The van der Waals surface area contributed by atoms with Crippen molar-refractivity contribution in [3.05, 3.63) is 0 Å². The van der Waals surface area contributed by atoms with E-state index < -0.39 is 14.6 Å². The van der Waals surface area contributed by atoms with Gasteiger partial charge in [0.05, 0.1) is 4.75 Å². The zero-order valence-corrected chi connectivity index (χ0v) is 15.4. The van der Waals surface area contributed by atoms with E-state index >= 15 is 0 Å². The van der Waals surface area contributed by atoms with Gasteiger partial charge in [-0.2, -0.15) is 0 Å². The smallest absolute Gasteiger partial charge is 0.193 e. The Hall–Kier alpha value is -0.820. The molecule has 6 nitrogen and oxygen atoms in total. The molecular formula is C15H31N3O3S. The van der Waals surface area contributed by atoms with Crippen LogP contribution in [0.5, 0.6) is 0 Å². The Morgan fingerprint density at radius 3 is 2.45 bits per heavy atom. The van der Waals surface area contributed by atoms with Gasteiger partial charge in [-0.25, -0.2) is 8.42 Å². The highest BCUT2D eigenvalue weighted by Crippen LogP contribution is 2.18. The maximum Gasteiger partial charge on any atom is 0.193 e. The minimum Gasteiger partial charge on any atom is -0.381 e. The summed E-state index contributed by atoms with van der Waals surface area (Å²) < 4.78 is 28.1. The van der Waals surface area contributed by atoms with Crippen molar-refractivity contribution in [2.24, 2.45) is 10.9 Å². The molecule has 1 aliphatic rings. The summed E-state index contributed by atoms with van der Waals surface area (Å²) in [5.74, 6) is 1.45. The predicted molar refractivity (Wildman–Crippen MR) is 91.1 cm³/mol. The molecule has 0 atom stereocenters. The third-order valence-electron chi connectivity index (χ3n) is 4.46. The maximum absolute atomic E-state index is 11.8. The van der Waals surface area contributed by atoms with Gasteiger partial charge in [0.2, 0.25) is 0 Å². The molecule has 0 amide bonds. The number of sulfone groups is 1. The molecular weight excluding hydrogens is 302 g/mol. The molecule has 1 rings (SSSR count). The average molecular weight is 333 g/mol. The molecule has 130 valence electrons. The highest BCUT2D eigenvalue weighted by molar-refractivity contribution is 7.92. The fourth-order valence-corrected chi connectivity index (χ4v) is 2.66. The van der Waals surface area contributed by atoms with Crippen LogP contribution >= 0.6 is 0 Å². The summed E-state index contributed by atoms with van der Waals surface area (Å²) in [6.07, 6.45) is 4.63. The second-order valence-electron chi connectivity index (χ2n) is 6.70. The normalized spacial score (nSPS) is 18.3. The molecule has 0 aromatic heterocycles. The van der Waals surface area contributed by atoms with E-state index in [1.807, 2.05) is 7.05 Å². The molecule has 0 aromatic carbocycles. The first-order valence-electron chi connectivity index (χ1n) is 7.86. The molecule has 0 bridgehead atoms. The Balaban J connectivity index is 2.46. The lowest BCUT2D eigenvalue weighted by atomic mass is 9.96. The van der Waals surface area contributed by atoms with Crippen molar-refractivity contribution in [2.75, 3.05) is 46.7 Å². The average Bonchev–Trinajstić information content (AvgIpc) is 2.45. The number of ether oxygens (including phenoxy) is 1. The molecule has 1 fully saturated rings. The van der Waals surface area contributed by atoms with Crippen molar-refractivity contribution >= 4 is 15.8 Å². The Morgan fingerprint density at radius 1 is 1.36 bits per heavy atom. The van der Waals surface area contributed by atoms with Gasteiger partial charge in [-0.05, 0) is 39.0 Å². The molecule has 1 N–H and O–H groups in total. The van der Waals surface area contributed by atoms with E-state index in [1.54, 1.807) is 20.9 Å². The van der Waals surface area contributed by atoms with Crippen molar-refractivity contribution in [3.8, 4) is 0 Å². The summed E-state index contributed by atoms with van der Waals surface area (Å²) >= 11 is 0. The van der Waals surface area contributed by atoms with Crippen molar-refractivity contribution in [2.45, 2.75) is 37.9 Å². The van der Waals surface area contributed by atoms with Crippen LogP contribution in [0.25, 0.3) is 0 Å². The summed E-state index contributed by atoms with van der Waals surface area (Å²) in [6, 6.07) is 0. The van der Waals surface area contributed by atoms with E-state index in [9.17, 15) is 8.42 Å². The van der Waals surface area contributed by atoms with Gasteiger partial charge in [-0.1, -0.05) is 0 Å². The van der Waals surface area contributed by atoms with E-state index in [0.29, 0.717) is 12.5 Å². The Bertz CT molecular complexity index is 468. The summed E-state index contributed by atoms with van der Waals surface area (Å²) in [5, 5.41) is 3.18. The second-order valence-corrected chi connectivity index (χ2v) is 9.35. The first kappa shape index (κ1) is 19.2. The SMILES string of the molecule is CN=C(NCC(C)(C)S(C)(=O)=O)N(C)CCC1CCOCC1. The number of hydrogen-bond acceptors (Lipinski definition) is 4. The van der Waals surface area contributed by atoms with Gasteiger partial charge in [0.1, 0.15) is 0 Å². The van der Waals surface area contributed by atoms with Crippen molar-refractivity contribution < 1.29 is 13.2 Å². The second kappa shape index (κ2) is 8.15. The number of hydrogen-bond donors (Lipinski definition) is 1. The molecule has 0 unspecified atom stereocenters. The van der Waals surface area contributed by atoms with Crippen LogP contribution in [-0.4, -0.2) is 70.7 Å². The number of nitrogens with zero attached hydrogens (tertiary/aromatic N) is 2. The van der Waals surface area contributed by atoms with Gasteiger partial charge in [0.15, 0.2) is 15.8 Å². The van der Waals surface area contributed by atoms with Crippen LogP contribution < -0.4 is 5.32 Å². The van der Waals surface area contributed by atoms with E-state index in [0.717, 1.165) is 45.0 Å². The highest BCUT2D eigenvalue weighted by atomic mass is 32.2. The molecule has 0 saturated carbocycles. The zero-order valence-electron chi connectivity index (χ0n) is 14.6. The zero-order chi connectivity index (χ0) is 16.8. The van der Waals surface area contributed by atoms with Crippen LogP contribution in [0.15, 0.2) is 4.99 Å². The number of aliphatic imine (C=N–C) groups is 1. The van der Waals surface area contributed by atoms with Crippen LogP contribution in [0.3, 0.4) is 0 Å². The lowest BCUT2D eigenvalue weighted by Gasteiger charge is -2.29. The van der Waals surface area contributed by atoms with Crippen molar-refractivity contribution in [1.29, 1.82) is 0 Å². The minimum atomic E-state index is -3.11. The Morgan fingerprint density at radius 2 is 1.95 bits per heavy atom. The van der Waals surface area contributed by atoms with Gasteiger partial charge in [0, 0.05) is 46.7 Å².